The molecule has 1 aliphatic rings. The molecule has 0 saturated carbocycles. The molecular formula is C9H16NO4S. The number of hydrogen-bond donors (Lipinski definition) is 0. The molecule has 0 aromatic rings. The maximum atomic E-state index is 11.3. The molecular weight excluding hydrogens is 218 g/mol. The number of sulfone groups is 1. The molecule has 0 amide bonds. The lowest BCUT2D eigenvalue weighted by Gasteiger charge is -2.33. The minimum Gasteiger partial charge on any atom is -0.300 e. The lowest BCUT2D eigenvalue weighted by molar-refractivity contribution is -0.110. The van der Waals surface area contributed by atoms with E-state index >= 15 is 0 Å². The van der Waals surface area contributed by atoms with Crippen LogP contribution in [0.5, 0.6) is 0 Å². The number of piperidine rings is 1. The maximum absolute atomic E-state index is 11.3. The minimum absolute atomic E-state index is 0.113. The van der Waals surface area contributed by atoms with E-state index in [0.717, 1.165) is 6.26 Å². The molecule has 1 unspecified atom stereocenters. The molecule has 1 radical (unpaired) electrons. The molecule has 6 heteroatoms. The first-order valence-electron chi connectivity index (χ1n) is 4.95. The monoisotopic (exact) mass is 234 g/mol. The summed E-state index contributed by atoms with van der Waals surface area (Å²) in [6.07, 6.45) is 2.89. The van der Waals surface area contributed by atoms with Gasteiger partial charge >= 0.3 is 0 Å². The van der Waals surface area contributed by atoms with Crippen LogP contribution in [0.15, 0.2) is 0 Å². The summed E-state index contributed by atoms with van der Waals surface area (Å²) in [5.41, 5.74) is 0. The van der Waals surface area contributed by atoms with Crippen molar-refractivity contribution in [1.82, 2.24) is 4.90 Å². The summed E-state index contributed by atoms with van der Waals surface area (Å²) < 4.78 is 22.6. The summed E-state index contributed by atoms with van der Waals surface area (Å²) >= 11 is 0. The fourth-order valence-electron chi connectivity index (χ4n) is 1.83. The highest BCUT2D eigenvalue weighted by atomic mass is 32.2. The number of carbonyl (C=O) groups excluding carboxylic acids is 1. The molecule has 15 heavy (non-hydrogen) atoms. The van der Waals surface area contributed by atoms with Crippen LogP contribution in [0.4, 0.5) is 0 Å². The first kappa shape index (κ1) is 12.6. The van der Waals surface area contributed by atoms with Crippen LogP contribution in [0.3, 0.4) is 0 Å². The predicted molar refractivity (Wildman–Crippen MR) is 54.5 cm³/mol. The first-order chi connectivity index (χ1) is 6.99. The van der Waals surface area contributed by atoms with Crippen molar-refractivity contribution >= 4 is 16.1 Å². The van der Waals surface area contributed by atoms with Crippen LogP contribution in [0, 0.1) is 5.92 Å². The van der Waals surface area contributed by atoms with Crippen molar-refractivity contribution in [2.45, 2.75) is 18.2 Å². The van der Waals surface area contributed by atoms with Gasteiger partial charge in [-0.1, -0.05) is 0 Å². The van der Waals surface area contributed by atoms with Crippen LogP contribution in [0.2, 0.25) is 0 Å². The van der Waals surface area contributed by atoms with E-state index in [4.69, 9.17) is 0 Å². The van der Waals surface area contributed by atoms with Crippen LogP contribution >= 0.6 is 0 Å². The van der Waals surface area contributed by atoms with Gasteiger partial charge in [-0.05, 0) is 18.8 Å². The summed E-state index contributed by atoms with van der Waals surface area (Å²) in [5, 5.41) is 9.58. The summed E-state index contributed by atoms with van der Waals surface area (Å²) in [6.45, 7) is 0.922. The number of hydrogen-bond acceptors (Lipinski definition) is 4. The van der Waals surface area contributed by atoms with Gasteiger partial charge in [0.15, 0.2) is 21.5 Å². The van der Waals surface area contributed by atoms with Crippen LogP contribution in [0.1, 0.15) is 12.8 Å². The number of likely N-dealkylation sites (tertiary alicyclic amines) is 1. The SMILES string of the molecule is CS(=O)(=O)C(C=O)N1CCC(C[O])CC1. The van der Waals surface area contributed by atoms with E-state index in [1.165, 1.54) is 0 Å². The lowest BCUT2D eigenvalue weighted by atomic mass is 9.98. The Hall–Kier alpha value is -0.460. The molecule has 5 nitrogen and oxygen atoms in total. The van der Waals surface area contributed by atoms with Crippen LogP contribution in [0.25, 0.3) is 0 Å². The molecule has 1 fully saturated rings. The number of nitrogens with zero attached hydrogens (tertiary/aromatic N) is 1. The second-order valence-corrected chi connectivity index (χ2v) is 6.14. The van der Waals surface area contributed by atoms with Crippen LogP contribution in [-0.4, -0.2) is 50.9 Å². The highest BCUT2D eigenvalue weighted by Crippen LogP contribution is 2.19. The van der Waals surface area contributed by atoms with Crippen molar-refractivity contribution in [1.29, 1.82) is 0 Å². The second-order valence-electron chi connectivity index (χ2n) is 4.00. The number of carbonyl (C=O) groups is 1. The third-order valence-corrected chi connectivity index (χ3v) is 4.09. The standard InChI is InChI=1S/C9H16NO4S/c1-15(13,14)9(7-12)10-4-2-8(6-11)3-5-10/h7-9H,2-6H2,1H3. The molecule has 1 aliphatic heterocycles. The van der Waals surface area contributed by atoms with Crippen LogP contribution in [-0.2, 0) is 19.7 Å². The van der Waals surface area contributed by atoms with Gasteiger partial charge in [-0.2, -0.15) is 0 Å². The van der Waals surface area contributed by atoms with E-state index in [1.807, 2.05) is 0 Å². The van der Waals surface area contributed by atoms with Gasteiger partial charge in [-0.15, -0.1) is 0 Å². The molecule has 1 heterocycles. The van der Waals surface area contributed by atoms with Crippen molar-refractivity contribution in [3.05, 3.63) is 0 Å². The summed E-state index contributed by atoms with van der Waals surface area (Å²) in [6, 6.07) is 0. The van der Waals surface area contributed by atoms with Crippen molar-refractivity contribution in [2.75, 3.05) is 26.0 Å². The zero-order chi connectivity index (χ0) is 11.5. The third-order valence-electron chi connectivity index (χ3n) is 2.80. The molecule has 0 N–H and O–H groups in total. The fourth-order valence-corrected chi connectivity index (χ4v) is 2.79. The summed E-state index contributed by atoms with van der Waals surface area (Å²) in [4.78, 5) is 12.4. The Kier molecular flexibility index (Phi) is 4.24. The molecule has 0 aromatic heterocycles. The Morgan fingerprint density at radius 1 is 1.40 bits per heavy atom. The second kappa shape index (κ2) is 5.05. The fraction of sp³-hybridized carbons (Fsp3) is 0.889. The van der Waals surface area contributed by atoms with E-state index in [1.54, 1.807) is 4.90 Å². The van der Waals surface area contributed by atoms with Gasteiger partial charge in [0, 0.05) is 19.3 Å². The smallest absolute Gasteiger partial charge is 0.170 e. The summed E-state index contributed by atoms with van der Waals surface area (Å²) in [5.74, 6) is 0.133. The molecule has 0 spiro atoms. The Balaban J connectivity index is 2.62. The lowest BCUT2D eigenvalue weighted by Crippen LogP contribution is -2.46. The van der Waals surface area contributed by atoms with E-state index in [2.05, 4.69) is 0 Å². The van der Waals surface area contributed by atoms with Gasteiger partial charge in [-0.25, -0.2) is 13.5 Å². The highest BCUT2D eigenvalue weighted by Gasteiger charge is 2.30. The van der Waals surface area contributed by atoms with Gasteiger partial charge in [0.2, 0.25) is 0 Å². The average Bonchev–Trinajstić information content (AvgIpc) is 2.18. The van der Waals surface area contributed by atoms with Crippen LogP contribution < -0.4 is 0 Å². The predicted octanol–water partition coefficient (Wildman–Crippen LogP) is -0.301. The minimum atomic E-state index is -3.36. The maximum Gasteiger partial charge on any atom is 0.170 e. The van der Waals surface area contributed by atoms with E-state index in [-0.39, 0.29) is 12.5 Å². The van der Waals surface area contributed by atoms with Crippen molar-refractivity contribution < 1.29 is 18.3 Å². The van der Waals surface area contributed by atoms with E-state index in [0.29, 0.717) is 32.2 Å². The largest absolute Gasteiger partial charge is 0.300 e. The molecule has 0 aliphatic carbocycles. The van der Waals surface area contributed by atoms with Gasteiger partial charge in [-0.3, -0.25) is 4.90 Å². The average molecular weight is 234 g/mol. The van der Waals surface area contributed by atoms with Gasteiger partial charge in [0.05, 0.1) is 6.61 Å². The van der Waals surface area contributed by atoms with Gasteiger partial charge < -0.3 is 4.79 Å². The molecule has 1 rings (SSSR count). The molecule has 1 atom stereocenters. The van der Waals surface area contributed by atoms with Gasteiger partial charge in [0.1, 0.15) is 0 Å². The van der Waals surface area contributed by atoms with Crippen molar-refractivity contribution in [3.63, 3.8) is 0 Å². The highest BCUT2D eigenvalue weighted by molar-refractivity contribution is 7.91. The zero-order valence-electron chi connectivity index (χ0n) is 8.76. The Morgan fingerprint density at radius 3 is 2.27 bits per heavy atom. The number of aldehydes is 1. The third kappa shape index (κ3) is 3.25. The quantitative estimate of drug-likeness (QED) is 0.626. The summed E-state index contributed by atoms with van der Waals surface area (Å²) in [7, 11) is -3.36. The van der Waals surface area contributed by atoms with Gasteiger partial charge in [0.25, 0.3) is 0 Å². The molecule has 1 saturated heterocycles. The molecule has 0 aromatic carbocycles. The zero-order valence-corrected chi connectivity index (χ0v) is 9.57. The Labute approximate surface area is 90.0 Å². The van der Waals surface area contributed by atoms with Crippen molar-refractivity contribution in [2.24, 2.45) is 5.92 Å². The Bertz CT molecular complexity index is 306. The normalized spacial score (nSPS) is 22.5. The Morgan fingerprint density at radius 2 is 1.93 bits per heavy atom. The topological polar surface area (TPSA) is 74.3 Å². The molecule has 87 valence electrons. The first-order valence-corrected chi connectivity index (χ1v) is 6.90. The van der Waals surface area contributed by atoms with E-state index < -0.39 is 15.2 Å². The van der Waals surface area contributed by atoms with E-state index in [9.17, 15) is 18.3 Å². The molecule has 0 bridgehead atoms. The number of rotatable bonds is 4. The van der Waals surface area contributed by atoms with Crippen molar-refractivity contribution in [3.8, 4) is 0 Å².